The molecule has 2 heterocycles. The first kappa shape index (κ1) is 15.8. The van der Waals surface area contributed by atoms with Gasteiger partial charge in [0.05, 0.1) is 0 Å². The number of fused-ring (bicyclic) bond motifs is 2. The maximum atomic E-state index is 3.97. The van der Waals surface area contributed by atoms with Crippen molar-refractivity contribution in [3.05, 3.63) is 0 Å². The van der Waals surface area contributed by atoms with Gasteiger partial charge in [0.1, 0.15) is 0 Å². The van der Waals surface area contributed by atoms with E-state index >= 15 is 0 Å². The third-order valence-corrected chi connectivity index (χ3v) is 6.45. The predicted molar refractivity (Wildman–Crippen MR) is 90.5 cm³/mol. The van der Waals surface area contributed by atoms with Gasteiger partial charge in [-0.3, -0.25) is 0 Å². The molecule has 3 fully saturated rings. The lowest BCUT2D eigenvalue weighted by Crippen LogP contribution is -2.47. The van der Waals surface area contributed by atoms with Crippen molar-refractivity contribution in [1.82, 2.24) is 10.2 Å². The minimum absolute atomic E-state index is 0.505. The van der Waals surface area contributed by atoms with E-state index in [9.17, 15) is 0 Å². The van der Waals surface area contributed by atoms with E-state index in [-0.39, 0.29) is 0 Å². The maximum Gasteiger partial charge on any atom is 0.00988 e. The van der Waals surface area contributed by atoms with E-state index < -0.39 is 0 Å². The molecule has 2 unspecified atom stereocenters. The Hall–Kier alpha value is -0.0800. The van der Waals surface area contributed by atoms with Gasteiger partial charge in [0.15, 0.2) is 0 Å². The van der Waals surface area contributed by atoms with Crippen molar-refractivity contribution in [3.8, 4) is 0 Å². The second kappa shape index (κ2) is 5.53. The molecule has 1 saturated carbocycles. The van der Waals surface area contributed by atoms with Gasteiger partial charge >= 0.3 is 0 Å². The molecule has 0 aromatic rings. The summed E-state index contributed by atoms with van der Waals surface area (Å²) in [7, 11) is 2.35. The van der Waals surface area contributed by atoms with Crippen molar-refractivity contribution in [2.75, 3.05) is 13.6 Å². The van der Waals surface area contributed by atoms with E-state index in [0.29, 0.717) is 10.8 Å². The van der Waals surface area contributed by atoms with Crippen LogP contribution in [0.25, 0.3) is 0 Å². The van der Waals surface area contributed by atoms with Crippen LogP contribution < -0.4 is 5.32 Å². The quantitative estimate of drug-likeness (QED) is 0.844. The SMILES string of the molecule is CN1C2CCC1CC(CNC1CC(C)(C)CC(C)(C)C1)C2. The Morgan fingerprint density at radius 2 is 1.48 bits per heavy atom. The third-order valence-electron chi connectivity index (χ3n) is 6.45. The Morgan fingerprint density at radius 3 is 2.00 bits per heavy atom. The Labute approximate surface area is 132 Å². The van der Waals surface area contributed by atoms with Gasteiger partial charge in [0, 0.05) is 18.1 Å². The second-order valence-electron chi connectivity index (χ2n) is 9.91. The van der Waals surface area contributed by atoms with E-state index in [1.807, 2.05) is 0 Å². The molecule has 21 heavy (non-hydrogen) atoms. The number of rotatable bonds is 3. The highest BCUT2D eigenvalue weighted by atomic mass is 15.2. The molecular formula is C19H36N2. The fourth-order valence-electron chi connectivity index (χ4n) is 6.01. The molecule has 2 bridgehead atoms. The molecular weight excluding hydrogens is 256 g/mol. The average Bonchev–Trinajstić information content (AvgIpc) is 2.58. The van der Waals surface area contributed by atoms with Crippen LogP contribution in [-0.4, -0.2) is 36.6 Å². The van der Waals surface area contributed by atoms with Gasteiger partial charge in [-0.1, -0.05) is 27.7 Å². The molecule has 1 aliphatic carbocycles. The topological polar surface area (TPSA) is 15.3 Å². The summed E-state index contributed by atoms with van der Waals surface area (Å²) in [6.45, 7) is 11.1. The first-order valence-corrected chi connectivity index (χ1v) is 9.19. The van der Waals surface area contributed by atoms with Gasteiger partial charge in [0.25, 0.3) is 0 Å². The highest BCUT2D eigenvalue weighted by Gasteiger charge is 2.40. The van der Waals surface area contributed by atoms with E-state index in [4.69, 9.17) is 0 Å². The molecule has 3 rings (SSSR count). The van der Waals surface area contributed by atoms with Gasteiger partial charge < -0.3 is 10.2 Å². The van der Waals surface area contributed by atoms with Crippen LogP contribution in [-0.2, 0) is 0 Å². The normalized spacial score (nSPS) is 39.6. The van der Waals surface area contributed by atoms with Crippen LogP contribution in [0.15, 0.2) is 0 Å². The number of nitrogens with zero attached hydrogens (tertiary/aromatic N) is 1. The van der Waals surface area contributed by atoms with E-state index in [2.05, 4.69) is 45.0 Å². The zero-order valence-electron chi connectivity index (χ0n) is 14.9. The van der Waals surface area contributed by atoms with Gasteiger partial charge in [-0.05, 0) is 75.3 Å². The number of piperidine rings is 1. The van der Waals surface area contributed by atoms with Gasteiger partial charge in [0.2, 0.25) is 0 Å². The van der Waals surface area contributed by atoms with Crippen LogP contribution in [0.1, 0.15) is 72.6 Å². The smallest absolute Gasteiger partial charge is 0.00988 e. The summed E-state index contributed by atoms with van der Waals surface area (Å²) in [5.41, 5.74) is 1.01. The summed E-state index contributed by atoms with van der Waals surface area (Å²) in [5.74, 6) is 0.923. The largest absolute Gasteiger partial charge is 0.314 e. The van der Waals surface area contributed by atoms with Gasteiger partial charge in [-0.15, -0.1) is 0 Å². The molecule has 2 nitrogen and oxygen atoms in total. The summed E-state index contributed by atoms with van der Waals surface area (Å²) >= 11 is 0. The summed E-state index contributed by atoms with van der Waals surface area (Å²) in [6, 6.07) is 2.51. The molecule has 0 amide bonds. The number of hydrogen-bond acceptors (Lipinski definition) is 2. The Morgan fingerprint density at radius 1 is 0.952 bits per heavy atom. The van der Waals surface area contributed by atoms with Crippen molar-refractivity contribution in [3.63, 3.8) is 0 Å². The van der Waals surface area contributed by atoms with Crippen LogP contribution in [0.5, 0.6) is 0 Å². The lowest BCUT2D eigenvalue weighted by atomic mass is 9.63. The molecule has 3 aliphatic rings. The van der Waals surface area contributed by atoms with Crippen molar-refractivity contribution in [2.45, 2.75) is 90.8 Å². The van der Waals surface area contributed by atoms with Crippen molar-refractivity contribution in [2.24, 2.45) is 16.7 Å². The lowest BCUT2D eigenvalue weighted by Gasteiger charge is -2.46. The summed E-state index contributed by atoms with van der Waals surface area (Å²) in [5, 5.41) is 3.97. The van der Waals surface area contributed by atoms with Crippen LogP contribution in [0, 0.1) is 16.7 Å². The predicted octanol–water partition coefficient (Wildman–Crippen LogP) is 4.05. The van der Waals surface area contributed by atoms with Crippen molar-refractivity contribution in [1.29, 1.82) is 0 Å². The first-order valence-electron chi connectivity index (χ1n) is 9.19. The average molecular weight is 293 g/mol. The Balaban J connectivity index is 1.51. The molecule has 2 aliphatic heterocycles. The third kappa shape index (κ3) is 3.64. The van der Waals surface area contributed by atoms with E-state index in [1.54, 1.807) is 0 Å². The van der Waals surface area contributed by atoms with Crippen LogP contribution in [0.4, 0.5) is 0 Å². The molecule has 0 spiro atoms. The fraction of sp³-hybridized carbons (Fsp3) is 1.00. The molecule has 2 heteroatoms. The summed E-state index contributed by atoms with van der Waals surface area (Å²) in [6.07, 6.45) is 9.84. The number of hydrogen-bond donors (Lipinski definition) is 1. The van der Waals surface area contributed by atoms with Crippen molar-refractivity contribution >= 4 is 0 Å². The van der Waals surface area contributed by atoms with Crippen LogP contribution in [0.2, 0.25) is 0 Å². The second-order valence-corrected chi connectivity index (χ2v) is 9.91. The zero-order valence-corrected chi connectivity index (χ0v) is 14.9. The van der Waals surface area contributed by atoms with Gasteiger partial charge in [-0.2, -0.15) is 0 Å². The highest BCUT2D eigenvalue weighted by Crippen LogP contribution is 2.46. The minimum Gasteiger partial charge on any atom is -0.314 e. The van der Waals surface area contributed by atoms with Crippen LogP contribution >= 0.6 is 0 Å². The number of nitrogens with one attached hydrogen (secondary N) is 1. The summed E-state index contributed by atoms with van der Waals surface area (Å²) in [4.78, 5) is 2.66. The molecule has 0 aromatic heterocycles. The molecule has 2 saturated heterocycles. The maximum absolute atomic E-state index is 3.97. The van der Waals surface area contributed by atoms with Crippen molar-refractivity contribution < 1.29 is 0 Å². The summed E-state index contributed by atoms with van der Waals surface area (Å²) < 4.78 is 0. The monoisotopic (exact) mass is 292 g/mol. The standard InChI is InChI=1S/C19H36N2/c1-18(2)10-15(11-19(3,4)13-18)20-12-14-8-16-6-7-17(9-14)21(16)5/h14-17,20H,6-13H2,1-5H3. The van der Waals surface area contributed by atoms with E-state index in [0.717, 1.165) is 24.0 Å². The Kier molecular flexibility index (Phi) is 4.16. The molecule has 0 radical (unpaired) electrons. The molecule has 1 N–H and O–H groups in total. The molecule has 2 atom stereocenters. The van der Waals surface area contributed by atoms with E-state index in [1.165, 1.54) is 51.5 Å². The first-order chi connectivity index (χ1) is 9.74. The van der Waals surface area contributed by atoms with Crippen LogP contribution in [0.3, 0.4) is 0 Å². The molecule has 0 aromatic carbocycles. The zero-order chi connectivity index (χ0) is 15.3. The lowest BCUT2D eigenvalue weighted by molar-refractivity contribution is 0.0771. The fourth-order valence-corrected chi connectivity index (χ4v) is 6.01. The minimum atomic E-state index is 0.505. The molecule has 122 valence electrons. The highest BCUT2D eigenvalue weighted by molar-refractivity contribution is 4.96. The van der Waals surface area contributed by atoms with Gasteiger partial charge in [-0.25, -0.2) is 0 Å². The Bertz CT molecular complexity index is 344.